The van der Waals surface area contributed by atoms with Gasteiger partial charge in [0, 0.05) is 25.4 Å². The molecule has 0 aliphatic carbocycles. The Hall–Kier alpha value is -1.11. The van der Waals surface area contributed by atoms with Gasteiger partial charge in [0.1, 0.15) is 0 Å². The van der Waals surface area contributed by atoms with Gasteiger partial charge in [-0.2, -0.15) is 12.7 Å². The molecule has 1 fully saturated rings. The van der Waals surface area contributed by atoms with Gasteiger partial charge < -0.3 is 5.11 Å². The summed E-state index contributed by atoms with van der Waals surface area (Å²) in [4.78, 5) is 0. The van der Waals surface area contributed by atoms with Crippen LogP contribution in [0.3, 0.4) is 0 Å². The number of piperidine rings is 1. The minimum absolute atomic E-state index is 0.0368. The van der Waals surface area contributed by atoms with Gasteiger partial charge in [0.2, 0.25) is 0 Å². The highest BCUT2D eigenvalue weighted by atomic mass is 32.2. The summed E-state index contributed by atoms with van der Waals surface area (Å²) in [6.45, 7) is 5.13. The van der Waals surface area contributed by atoms with E-state index in [2.05, 4.69) is 18.6 Å². The summed E-state index contributed by atoms with van der Waals surface area (Å²) in [6.07, 6.45) is 1.67. The van der Waals surface area contributed by atoms with Crippen LogP contribution < -0.4 is 4.72 Å². The molecule has 1 aromatic carbocycles. The molecule has 0 bridgehead atoms. The van der Waals surface area contributed by atoms with E-state index >= 15 is 0 Å². The van der Waals surface area contributed by atoms with Gasteiger partial charge in [-0.3, -0.25) is 4.72 Å². The predicted molar refractivity (Wildman–Crippen MR) is 84.5 cm³/mol. The zero-order chi connectivity index (χ0) is 15.5. The molecule has 1 heterocycles. The quantitative estimate of drug-likeness (QED) is 0.875. The minimum atomic E-state index is -3.54. The van der Waals surface area contributed by atoms with Crippen molar-refractivity contribution in [2.75, 3.05) is 24.4 Å². The van der Waals surface area contributed by atoms with Crippen molar-refractivity contribution in [1.29, 1.82) is 0 Å². The van der Waals surface area contributed by atoms with Gasteiger partial charge in [0.25, 0.3) is 0 Å². The Balaban J connectivity index is 2.06. The molecule has 0 spiro atoms. The van der Waals surface area contributed by atoms with Crippen molar-refractivity contribution in [3.8, 4) is 0 Å². The number of rotatable bonds is 5. The summed E-state index contributed by atoms with van der Waals surface area (Å²) in [5.74, 6) is 0.460. The van der Waals surface area contributed by atoms with Gasteiger partial charge in [-0.05, 0) is 42.4 Å². The Kier molecular flexibility index (Phi) is 5.24. The molecule has 1 saturated heterocycles. The third-order valence-electron chi connectivity index (χ3n) is 3.90. The third kappa shape index (κ3) is 4.18. The number of anilines is 1. The van der Waals surface area contributed by atoms with Crippen LogP contribution in [-0.4, -0.2) is 37.5 Å². The van der Waals surface area contributed by atoms with Crippen molar-refractivity contribution in [1.82, 2.24) is 4.31 Å². The highest BCUT2D eigenvalue weighted by Gasteiger charge is 2.28. The molecular weight excluding hydrogens is 288 g/mol. The van der Waals surface area contributed by atoms with Gasteiger partial charge in [-0.25, -0.2) is 0 Å². The first-order valence-electron chi connectivity index (χ1n) is 7.41. The van der Waals surface area contributed by atoms with Crippen LogP contribution in [0.15, 0.2) is 24.3 Å². The maximum Gasteiger partial charge on any atom is 0.301 e. The molecule has 0 amide bonds. The predicted octanol–water partition coefficient (Wildman–Crippen LogP) is 2.17. The normalized spacial score (nSPS) is 20.7. The third-order valence-corrected chi connectivity index (χ3v) is 5.41. The maximum atomic E-state index is 12.4. The van der Waals surface area contributed by atoms with Gasteiger partial charge in [0.15, 0.2) is 0 Å². The van der Waals surface area contributed by atoms with Crippen molar-refractivity contribution >= 4 is 15.9 Å². The van der Waals surface area contributed by atoms with Crippen LogP contribution in [0.5, 0.6) is 0 Å². The molecule has 2 N–H and O–H groups in total. The summed E-state index contributed by atoms with van der Waals surface area (Å²) < 4.78 is 28.8. The van der Waals surface area contributed by atoms with E-state index in [0.717, 1.165) is 12.8 Å². The first kappa shape index (κ1) is 16.3. The van der Waals surface area contributed by atoms with Gasteiger partial charge in [-0.15, -0.1) is 0 Å². The average Bonchev–Trinajstić information content (AvgIpc) is 2.47. The molecule has 0 saturated carbocycles. The first-order valence-corrected chi connectivity index (χ1v) is 8.85. The molecule has 1 unspecified atom stereocenters. The molecule has 118 valence electrons. The van der Waals surface area contributed by atoms with Crippen LogP contribution in [0.25, 0.3) is 0 Å². The van der Waals surface area contributed by atoms with Crippen LogP contribution in [0.2, 0.25) is 0 Å². The van der Waals surface area contributed by atoms with Crippen LogP contribution in [0.4, 0.5) is 5.69 Å². The average molecular weight is 312 g/mol. The standard InChI is InChI=1S/C15H24N2O3S/c1-12(2)14-5-7-15(8-6-14)16-21(19,20)17-9-3-4-13(10-17)11-18/h5-8,12-13,16,18H,3-4,9-11H2,1-2H3. The molecule has 6 heteroatoms. The van der Waals surface area contributed by atoms with E-state index in [1.54, 1.807) is 12.1 Å². The maximum absolute atomic E-state index is 12.4. The fourth-order valence-corrected chi connectivity index (χ4v) is 3.88. The highest BCUT2D eigenvalue weighted by Crippen LogP contribution is 2.22. The van der Waals surface area contributed by atoms with Gasteiger partial charge in [-0.1, -0.05) is 26.0 Å². The monoisotopic (exact) mass is 312 g/mol. The summed E-state index contributed by atoms with van der Waals surface area (Å²) in [5.41, 5.74) is 1.75. The Bertz CT molecular complexity index is 555. The summed E-state index contributed by atoms with van der Waals surface area (Å²) in [5, 5.41) is 9.20. The van der Waals surface area contributed by atoms with E-state index in [4.69, 9.17) is 0 Å². The van der Waals surface area contributed by atoms with E-state index in [0.29, 0.717) is 24.7 Å². The molecule has 1 aliphatic rings. The molecule has 0 radical (unpaired) electrons. The largest absolute Gasteiger partial charge is 0.396 e. The van der Waals surface area contributed by atoms with Gasteiger partial charge >= 0.3 is 10.2 Å². The zero-order valence-corrected chi connectivity index (χ0v) is 13.4. The summed E-state index contributed by atoms with van der Waals surface area (Å²) >= 11 is 0. The van der Waals surface area contributed by atoms with Crippen molar-refractivity contribution in [2.24, 2.45) is 5.92 Å². The highest BCUT2D eigenvalue weighted by molar-refractivity contribution is 7.90. The first-order chi connectivity index (χ1) is 9.92. The second kappa shape index (κ2) is 6.77. The van der Waals surface area contributed by atoms with Crippen LogP contribution in [0, 0.1) is 5.92 Å². The van der Waals surface area contributed by atoms with E-state index in [9.17, 15) is 13.5 Å². The molecular formula is C15H24N2O3S. The lowest BCUT2D eigenvalue weighted by atomic mass is 10.0. The number of hydrogen-bond donors (Lipinski definition) is 2. The summed E-state index contributed by atoms with van der Waals surface area (Å²) in [6, 6.07) is 7.46. The number of nitrogens with one attached hydrogen (secondary N) is 1. The fourth-order valence-electron chi connectivity index (χ4n) is 2.54. The lowest BCUT2D eigenvalue weighted by Gasteiger charge is -2.31. The van der Waals surface area contributed by atoms with Gasteiger partial charge in [0.05, 0.1) is 0 Å². The molecule has 21 heavy (non-hydrogen) atoms. The number of aliphatic hydroxyl groups excluding tert-OH is 1. The van der Waals surface area contributed by atoms with E-state index in [1.807, 2.05) is 12.1 Å². The molecule has 5 nitrogen and oxygen atoms in total. The molecule has 0 aromatic heterocycles. The number of nitrogens with zero attached hydrogens (tertiary/aromatic N) is 1. The minimum Gasteiger partial charge on any atom is -0.396 e. The lowest BCUT2D eigenvalue weighted by molar-refractivity contribution is 0.166. The van der Waals surface area contributed by atoms with Crippen molar-refractivity contribution in [3.63, 3.8) is 0 Å². The smallest absolute Gasteiger partial charge is 0.301 e. The molecule has 2 rings (SSSR count). The Morgan fingerprint density at radius 1 is 1.33 bits per heavy atom. The lowest BCUT2D eigenvalue weighted by Crippen LogP contribution is -2.43. The van der Waals surface area contributed by atoms with Crippen molar-refractivity contribution < 1.29 is 13.5 Å². The topological polar surface area (TPSA) is 69.6 Å². The fraction of sp³-hybridized carbons (Fsp3) is 0.600. The Morgan fingerprint density at radius 2 is 2.00 bits per heavy atom. The molecule has 1 atom stereocenters. The van der Waals surface area contributed by atoms with E-state index in [1.165, 1.54) is 9.87 Å². The molecule has 1 aromatic rings. The second-order valence-corrected chi connectivity index (χ2v) is 7.60. The number of benzene rings is 1. The second-order valence-electron chi connectivity index (χ2n) is 5.93. The number of hydrogen-bond acceptors (Lipinski definition) is 3. The van der Waals surface area contributed by atoms with Crippen LogP contribution in [0.1, 0.15) is 38.2 Å². The Morgan fingerprint density at radius 3 is 2.57 bits per heavy atom. The van der Waals surface area contributed by atoms with E-state index < -0.39 is 10.2 Å². The van der Waals surface area contributed by atoms with Crippen molar-refractivity contribution in [3.05, 3.63) is 29.8 Å². The van der Waals surface area contributed by atoms with Crippen LogP contribution in [-0.2, 0) is 10.2 Å². The van der Waals surface area contributed by atoms with E-state index in [-0.39, 0.29) is 12.5 Å². The SMILES string of the molecule is CC(C)c1ccc(NS(=O)(=O)N2CCCC(CO)C2)cc1. The van der Waals surface area contributed by atoms with Crippen molar-refractivity contribution in [2.45, 2.75) is 32.6 Å². The van der Waals surface area contributed by atoms with Crippen LogP contribution >= 0.6 is 0 Å². The molecule has 1 aliphatic heterocycles. The summed E-state index contributed by atoms with van der Waals surface area (Å²) in [7, 11) is -3.54. The zero-order valence-electron chi connectivity index (χ0n) is 12.6. The number of aliphatic hydroxyl groups is 1. The Labute approximate surface area is 127 Å².